The van der Waals surface area contributed by atoms with Crippen LogP contribution < -0.4 is 4.74 Å². The Balaban J connectivity index is 1.88. The lowest BCUT2D eigenvalue weighted by Gasteiger charge is -2.30. The van der Waals surface area contributed by atoms with E-state index in [9.17, 15) is 0 Å². The predicted octanol–water partition coefficient (Wildman–Crippen LogP) is 5.25. The molecule has 3 nitrogen and oxygen atoms in total. The van der Waals surface area contributed by atoms with Gasteiger partial charge in [-0.05, 0) is 51.9 Å². The average molecular weight is 357 g/mol. The van der Waals surface area contributed by atoms with Gasteiger partial charge in [0, 0.05) is 11.1 Å². The highest BCUT2D eigenvalue weighted by molar-refractivity contribution is 6.09. The molecule has 3 heteroatoms. The molecule has 134 valence electrons. The number of rotatable bonds is 3. The van der Waals surface area contributed by atoms with Crippen LogP contribution in [0.5, 0.6) is 5.75 Å². The maximum absolute atomic E-state index is 9.05. The summed E-state index contributed by atoms with van der Waals surface area (Å²) in [4.78, 5) is 0. The van der Waals surface area contributed by atoms with Crippen LogP contribution >= 0.6 is 0 Å². The molecule has 1 aliphatic rings. The first kappa shape index (κ1) is 15.2. The fourth-order valence-electron chi connectivity index (χ4n) is 3.90. The fourth-order valence-corrected chi connectivity index (χ4v) is 3.90. The molecule has 1 saturated heterocycles. The highest BCUT2D eigenvalue weighted by Crippen LogP contribution is 2.43. The molecule has 5 rings (SSSR count). The number of hydrogen-bond donors (Lipinski definition) is 0. The third-order valence-electron chi connectivity index (χ3n) is 5.17. The molecular weight excluding hydrogens is 336 g/mol. The second-order valence-corrected chi connectivity index (χ2v) is 6.63. The summed E-state index contributed by atoms with van der Waals surface area (Å²) in [7, 11) is 1.64. The van der Waals surface area contributed by atoms with Crippen molar-refractivity contribution in [2.45, 2.75) is 5.79 Å². The Hall–Kier alpha value is -2.88. The SMILES string of the molecule is [2H]c1c(C2(c3ccc(OC)cc3)OCCO2)c2ccccc2c2ccccc12. The molecule has 0 saturated carbocycles. The Labute approximate surface area is 159 Å². The zero-order valence-electron chi connectivity index (χ0n) is 16.1. The summed E-state index contributed by atoms with van der Waals surface area (Å²) in [5.41, 5.74) is 1.62. The molecule has 0 unspecified atom stereocenters. The van der Waals surface area contributed by atoms with Crippen LogP contribution in [0, 0.1) is 0 Å². The van der Waals surface area contributed by atoms with Crippen molar-refractivity contribution in [3.63, 3.8) is 0 Å². The van der Waals surface area contributed by atoms with Gasteiger partial charge in [0.05, 0.1) is 21.7 Å². The Morgan fingerprint density at radius 3 is 2.15 bits per heavy atom. The third-order valence-corrected chi connectivity index (χ3v) is 5.17. The zero-order chi connectivity index (χ0) is 19.1. The van der Waals surface area contributed by atoms with Crippen LogP contribution in [-0.4, -0.2) is 20.3 Å². The van der Waals surface area contributed by atoms with Gasteiger partial charge in [0.25, 0.3) is 0 Å². The van der Waals surface area contributed by atoms with Crippen molar-refractivity contribution in [1.29, 1.82) is 0 Å². The van der Waals surface area contributed by atoms with Crippen molar-refractivity contribution in [3.05, 3.63) is 90.0 Å². The van der Waals surface area contributed by atoms with Gasteiger partial charge in [0.2, 0.25) is 5.79 Å². The summed E-state index contributed by atoms with van der Waals surface area (Å²) in [6.07, 6.45) is 0. The van der Waals surface area contributed by atoms with Crippen molar-refractivity contribution < 1.29 is 15.6 Å². The monoisotopic (exact) mass is 357 g/mol. The Bertz CT molecular complexity index is 1160. The van der Waals surface area contributed by atoms with Gasteiger partial charge in [0.15, 0.2) is 0 Å². The van der Waals surface area contributed by atoms with Gasteiger partial charge in [-0.2, -0.15) is 0 Å². The van der Waals surface area contributed by atoms with E-state index in [2.05, 4.69) is 12.1 Å². The molecule has 0 spiro atoms. The van der Waals surface area contributed by atoms with Gasteiger partial charge >= 0.3 is 0 Å². The van der Waals surface area contributed by atoms with Crippen molar-refractivity contribution in [2.75, 3.05) is 20.3 Å². The van der Waals surface area contributed by atoms with Crippen LogP contribution in [0.4, 0.5) is 0 Å². The lowest BCUT2D eigenvalue weighted by molar-refractivity contribution is -0.128. The van der Waals surface area contributed by atoms with Crippen LogP contribution in [0.3, 0.4) is 0 Å². The van der Waals surface area contributed by atoms with Crippen LogP contribution in [0.15, 0.2) is 78.8 Å². The Morgan fingerprint density at radius 1 is 0.815 bits per heavy atom. The number of benzene rings is 4. The van der Waals surface area contributed by atoms with E-state index in [1.165, 1.54) is 0 Å². The van der Waals surface area contributed by atoms with Crippen molar-refractivity contribution >= 4 is 21.5 Å². The molecule has 1 aliphatic heterocycles. The summed E-state index contributed by atoms with van der Waals surface area (Å²) in [6, 6.07) is 24.3. The number of fused-ring (bicyclic) bond motifs is 3. The maximum atomic E-state index is 9.05. The summed E-state index contributed by atoms with van der Waals surface area (Å²) in [5.74, 6) is -0.334. The quantitative estimate of drug-likeness (QED) is 0.469. The fraction of sp³-hybridized carbons (Fsp3) is 0.167. The molecule has 1 fully saturated rings. The van der Waals surface area contributed by atoms with E-state index < -0.39 is 5.79 Å². The van der Waals surface area contributed by atoms with Crippen LogP contribution in [0.2, 0.25) is 0 Å². The number of hydrogen-bond acceptors (Lipinski definition) is 3. The molecule has 4 aromatic rings. The van der Waals surface area contributed by atoms with E-state index in [0.29, 0.717) is 19.3 Å². The lowest BCUT2D eigenvalue weighted by Crippen LogP contribution is -2.29. The zero-order valence-corrected chi connectivity index (χ0v) is 15.1. The number of ether oxygens (including phenoxy) is 3. The van der Waals surface area contributed by atoms with E-state index in [0.717, 1.165) is 38.4 Å². The summed E-state index contributed by atoms with van der Waals surface area (Å²) >= 11 is 0. The van der Waals surface area contributed by atoms with E-state index in [1.807, 2.05) is 60.7 Å². The second-order valence-electron chi connectivity index (χ2n) is 6.63. The molecule has 4 aromatic carbocycles. The molecule has 0 bridgehead atoms. The molecule has 0 N–H and O–H groups in total. The minimum absolute atomic E-state index is 0.437. The van der Waals surface area contributed by atoms with E-state index in [4.69, 9.17) is 15.6 Å². The van der Waals surface area contributed by atoms with Gasteiger partial charge in [-0.15, -0.1) is 0 Å². The van der Waals surface area contributed by atoms with E-state index >= 15 is 0 Å². The first-order valence-corrected chi connectivity index (χ1v) is 9.07. The standard InChI is InChI=1S/C24H20O3/c1-25-19-12-10-18(11-13-19)24(26-14-15-27-24)23-16-17-6-2-3-7-20(17)21-8-4-5-9-22(21)23/h2-13,16H,14-15H2,1H3/i16D. The first-order valence-electron chi connectivity index (χ1n) is 9.57. The first-order chi connectivity index (χ1) is 13.7. The third kappa shape index (κ3) is 2.51. The van der Waals surface area contributed by atoms with Gasteiger partial charge in [0.1, 0.15) is 5.75 Å². The van der Waals surface area contributed by atoms with Crippen LogP contribution in [-0.2, 0) is 15.3 Å². The molecule has 1 heterocycles. The van der Waals surface area contributed by atoms with Crippen LogP contribution in [0.1, 0.15) is 12.5 Å². The molecule has 0 atom stereocenters. The number of methoxy groups -OCH3 is 1. The van der Waals surface area contributed by atoms with Gasteiger partial charge in [-0.3, -0.25) is 0 Å². The van der Waals surface area contributed by atoms with Gasteiger partial charge < -0.3 is 14.2 Å². The Morgan fingerprint density at radius 2 is 1.44 bits per heavy atom. The van der Waals surface area contributed by atoms with Gasteiger partial charge in [-0.25, -0.2) is 0 Å². The average Bonchev–Trinajstić information content (AvgIpc) is 3.25. The molecule has 0 aromatic heterocycles. The van der Waals surface area contributed by atoms with Crippen molar-refractivity contribution in [1.82, 2.24) is 0 Å². The Kier molecular flexibility index (Phi) is 3.59. The highest BCUT2D eigenvalue weighted by Gasteiger charge is 2.42. The second kappa shape index (κ2) is 6.38. The molecule has 0 radical (unpaired) electrons. The van der Waals surface area contributed by atoms with Gasteiger partial charge in [-0.1, -0.05) is 48.5 Å². The highest BCUT2D eigenvalue weighted by atomic mass is 16.7. The smallest absolute Gasteiger partial charge is 0.223 e. The van der Waals surface area contributed by atoms with E-state index in [-0.39, 0.29) is 0 Å². The lowest BCUT2D eigenvalue weighted by atomic mass is 9.89. The van der Waals surface area contributed by atoms with E-state index in [1.54, 1.807) is 7.11 Å². The molecule has 0 aliphatic carbocycles. The topological polar surface area (TPSA) is 27.7 Å². The largest absolute Gasteiger partial charge is 0.497 e. The van der Waals surface area contributed by atoms with Crippen molar-refractivity contribution in [2.24, 2.45) is 0 Å². The van der Waals surface area contributed by atoms with Crippen LogP contribution in [0.25, 0.3) is 21.5 Å². The maximum Gasteiger partial charge on any atom is 0.223 e. The molecule has 0 amide bonds. The van der Waals surface area contributed by atoms with Crippen molar-refractivity contribution in [3.8, 4) is 5.75 Å². The summed E-state index contributed by atoms with van der Waals surface area (Å²) in [5, 5.41) is 4.03. The summed E-state index contributed by atoms with van der Waals surface area (Å²) < 4.78 is 26.8. The minimum atomic E-state index is -1.10. The predicted molar refractivity (Wildman–Crippen MR) is 107 cm³/mol. The normalized spacial score (nSPS) is 16.6. The molecule has 27 heavy (non-hydrogen) atoms. The molecular formula is C24H20O3. The minimum Gasteiger partial charge on any atom is -0.497 e. The summed E-state index contributed by atoms with van der Waals surface area (Å²) in [6.45, 7) is 0.958.